The second-order valence-electron chi connectivity index (χ2n) is 7.53. The lowest BCUT2D eigenvalue weighted by molar-refractivity contribution is -0.115. The predicted molar refractivity (Wildman–Crippen MR) is 130 cm³/mol. The molecule has 0 aliphatic carbocycles. The first-order valence-corrected chi connectivity index (χ1v) is 12.0. The van der Waals surface area contributed by atoms with Gasteiger partial charge < -0.3 is 10.6 Å². The van der Waals surface area contributed by atoms with Crippen molar-refractivity contribution in [3.05, 3.63) is 89.5 Å². The molecule has 0 radical (unpaired) electrons. The minimum absolute atomic E-state index is 0.000778. The van der Waals surface area contributed by atoms with Gasteiger partial charge in [0.05, 0.1) is 17.1 Å². The van der Waals surface area contributed by atoms with E-state index in [0.29, 0.717) is 11.4 Å². The molecule has 3 aromatic carbocycles. The van der Waals surface area contributed by atoms with Crippen molar-refractivity contribution in [1.29, 1.82) is 0 Å². The molecule has 8 heteroatoms. The van der Waals surface area contributed by atoms with E-state index in [0.717, 1.165) is 11.1 Å². The van der Waals surface area contributed by atoms with Gasteiger partial charge in [0.15, 0.2) is 0 Å². The molecule has 0 bridgehead atoms. The van der Waals surface area contributed by atoms with E-state index in [9.17, 15) is 18.0 Å². The number of rotatable bonds is 8. The molecule has 0 aliphatic rings. The van der Waals surface area contributed by atoms with E-state index in [1.54, 1.807) is 31.2 Å². The topological polar surface area (TPSA) is 95.6 Å². The fraction of sp³-hybridized carbons (Fsp3) is 0.200. The monoisotopic (exact) mass is 465 g/mol. The third-order valence-electron chi connectivity index (χ3n) is 5.17. The maximum atomic E-state index is 13.2. The Bertz CT molecular complexity index is 1240. The minimum atomic E-state index is -3.87. The molecule has 0 saturated carbocycles. The van der Waals surface area contributed by atoms with Gasteiger partial charge in [0.2, 0.25) is 5.91 Å². The van der Waals surface area contributed by atoms with Crippen LogP contribution in [0.2, 0.25) is 0 Å². The zero-order chi connectivity index (χ0) is 24.0. The van der Waals surface area contributed by atoms with Crippen molar-refractivity contribution in [2.24, 2.45) is 0 Å². The lowest BCUT2D eigenvalue weighted by Gasteiger charge is -2.23. The van der Waals surface area contributed by atoms with E-state index in [1.807, 2.05) is 38.1 Å². The predicted octanol–water partition coefficient (Wildman–Crippen LogP) is 3.89. The number of carbonyl (C=O) groups excluding carboxylic acids is 2. The van der Waals surface area contributed by atoms with Crippen LogP contribution in [-0.4, -0.2) is 33.3 Å². The molecule has 0 heterocycles. The van der Waals surface area contributed by atoms with Gasteiger partial charge in [-0.2, -0.15) is 0 Å². The first kappa shape index (κ1) is 24.0. The van der Waals surface area contributed by atoms with Crippen molar-refractivity contribution in [2.75, 3.05) is 22.7 Å². The summed E-state index contributed by atoms with van der Waals surface area (Å²) in [6.45, 7) is 5.52. The standard InChI is InChI=1S/C25H27N3O4S/c1-4-28(21-13-6-5-7-14-21)33(31,32)22-15-9-12-20(16-22)25(30)26-17-23(29)27-24-18(2)10-8-11-19(24)3/h5-16H,4,17H2,1-3H3,(H,26,30)(H,27,29). The van der Waals surface area contributed by atoms with Gasteiger partial charge in [-0.1, -0.05) is 42.5 Å². The van der Waals surface area contributed by atoms with Gasteiger partial charge in [-0.15, -0.1) is 0 Å². The highest BCUT2D eigenvalue weighted by atomic mass is 32.2. The van der Waals surface area contributed by atoms with E-state index >= 15 is 0 Å². The average Bonchev–Trinajstić information content (AvgIpc) is 2.81. The molecule has 3 aromatic rings. The molecule has 0 atom stereocenters. The number of nitrogens with zero attached hydrogens (tertiary/aromatic N) is 1. The van der Waals surface area contributed by atoms with Gasteiger partial charge in [0.1, 0.15) is 0 Å². The van der Waals surface area contributed by atoms with E-state index < -0.39 is 15.9 Å². The molecule has 0 unspecified atom stereocenters. The smallest absolute Gasteiger partial charge is 0.264 e. The number of carbonyl (C=O) groups is 2. The molecule has 2 amide bonds. The second-order valence-corrected chi connectivity index (χ2v) is 9.39. The lowest BCUT2D eigenvalue weighted by atomic mass is 10.1. The van der Waals surface area contributed by atoms with Crippen LogP contribution in [0, 0.1) is 13.8 Å². The van der Waals surface area contributed by atoms with Crippen LogP contribution in [0.15, 0.2) is 77.7 Å². The minimum Gasteiger partial charge on any atom is -0.343 e. The number of aryl methyl sites for hydroxylation is 2. The molecule has 33 heavy (non-hydrogen) atoms. The molecule has 0 saturated heterocycles. The van der Waals surface area contributed by atoms with E-state index in [4.69, 9.17) is 0 Å². The van der Waals surface area contributed by atoms with Crippen LogP contribution in [0.1, 0.15) is 28.4 Å². The van der Waals surface area contributed by atoms with Crippen LogP contribution in [0.4, 0.5) is 11.4 Å². The zero-order valence-electron chi connectivity index (χ0n) is 18.8. The Morgan fingerprint density at radius 3 is 2.15 bits per heavy atom. The van der Waals surface area contributed by atoms with Gasteiger partial charge >= 0.3 is 0 Å². The molecule has 0 aliphatic heterocycles. The van der Waals surface area contributed by atoms with Gasteiger partial charge in [-0.3, -0.25) is 13.9 Å². The number of hydrogen-bond acceptors (Lipinski definition) is 4. The van der Waals surface area contributed by atoms with Gasteiger partial charge in [-0.25, -0.2) is 8.42 Å². The Morgan fingerprint density at radius 1 is 0.879 bits per heavy atom. The normalized spacial score (nSPS) is 11.0. The third kappa shape index (κ3) is 5.59. The van der Waals surface area contributed by atoms with Gasteiger partial charge in [0.25, 0.3) is 15.9 Å². The van der Waals surface area contributed by atoms with E-state index in [-0.39, 0.29) is 29.5 Å². The summed E-state index contributed by atoms with van der Waals surface area (Å²) in [6.07, 6.45) is 0. The molecular formula is C25H27N3O4S. The van der Waals surface area contributed by atoms with E-state index in [1.165, 1.54) is 28.6 Å². The molecular weight excluding hydrogens is 438 g/mol. The van der Waals surface area contributed by atoms with Crippen molar-refractivity contribution in [1.82, 2.24) is 5.32 Å². The van der Waals surface area contributed by atoms with Gasteiger partial charge in [-0.05, 0) is 62.2 Å². The highest BCUT2D eigenvalue weighted by Crippen LogP contribution is 2.24. The van der Waals surface area contributed by atoms with Crippen molar-refractivity contribution >= 4 is 33.2 Å². The summed E-state index contributed by atoms with van der Waals surface area (Å²) in [6, 6.07) is 20.2. The summed E-state index contributed by atoms with van der Waals surface area (Å²) in [5.74, 6) is -0.905. The number of benzene rings is 3. The van der Waals surface area contributed by atoms with Crippen molar-refractivity contribution in [3.8, 4) is 0 Å². The Hall–Kier alpha value is -3.65. The number of para-hydroxylation sites is 2. The molecule has 7 nitrogen and oxygen atoms in total. The fourth-order valence-electron chi connectivity index (χ4n) is 3.47. The quantitative estimate of drug-likeness (QED) is 0.528. The van der Waals surface area contributed by atoms with Crippen LogP contribution >= 0.6 is 0 Å². The first-order chi connectivity index (χ1) is 15.7. The Labute approximate surface area is 194 Å². The largest absolute Gasteiger partial charge is 0.343 e. The maximum absolute atomic E-state index is 13.2. The van der Waals surface area contributed by atoms with Crippen molar-refractivity contribution in [2.45, 2.75) is 25.7 Å². The van der Waals surface area contributed by atoms with Crippen molar-refractivity contribution in [3.63, 3.8) is 0 Å². The summed E-state index contributed by atoms with van der Waals surface area (Å²) in [5.41, 5.74) is 3.25. The molecule has 172 valence electrons. The Balaban J connectivity index is 1.72. The Morgan fingerprint density at radius 2 is 1.52 bits per heavy atom. The van der Waals surface area contributed by atoms with Gasteiger partial charge in [0, 0.05) is 17.8 Å². The number of sulfonamides is 1. The maximum Gasteiger partial charge on any atom is 0.264 e. The number of amides is 2. The first-order valence-electron chi connectivity index (χ1n) is 10.6. The van der Waals surface area contributed by atoms with Crippen molar-refractivity contribution < 1.29 is 18.0 Å². The molecule has 0 spiro atoms. The number of hydrogen-bond donors (Lipinski definition) is 2. The van der Waals surface area contributed by atoms with Crippen LogP contribution in [-0.2, 0) is 14.8 Å². The number of anilines is 2. The van der Waals surface area contributed by atoms with Crippen LogP contribution in [0.3, 0.4) is 0 Å². The molecule has 3 rings (SSSR count). The highest BCUT2D eigenvalue weighted by molar-refractivity contribution is 7.92. The van der Waals surface area contributed by atoms with Crippen LogP contribution in [0.25, 0.3) is 0 Å². The summed E-state index contributed by atoms with van der Waals surface area (Å²) in [5, 5.41) is 5.36. The summed E-state index contributed by atoms with van der Waals surface area (Å²) < 4.78 is 27.7. The molecule has 0 fully saturated rings. The average molecular weight is 466 g/mol. The van der Waals surface area contributed by atoms with Crippen LogP contribution in [0.5, 0.6) is 0 Å². The SMILES string of the molecule is CCN(c1ccccc1)S(=O)(=O)c1cccc(C(=O)NCC(=O)Nc2c(C)cccc2C)c1. The summed E-state index contributed by atoms with van der Waals surface area (Å²) in [7, 11) is -3.87. The highest BCUT2D eigenvalue weighted by Gasteiger charge is 2.24. The molecule has 2 N–H and O–H groups in total. The lowest BCUT2D eigenvalue weighted by Crippen LogP contribution is -2.33. The Kier molecular flexibility index (Phi) is 7.50. The summed E-state index contributed by atoms with van der Waals surface area (Å²) in [4.78, 5) is 25.0. The molecule has 0 aromatic heterocycles. The second kappa shape index (κ2) is 10.3. The zero-order valence-corrected chi connectivity index (χ0v) is 19.6. The van der Waals surface area contributed by atoms with Crippen LogP contribution < -0.4 is 14.9 Å². The third-order valence-corrected chi connectivity index (χ3v) is 7.07. The number of nitrogens with one attached hydrogen (secondary N) is 2. The fourth-order valence-corrected chi connectivity index (χ4v) is 4.99. The summed E-state index contributed by atoms with van der Waals surface area (Å²) >= 11 is 0. The van der Waals surface area contributed by atoms with E-state index in [2.05, 4.69) is 10.6 Å².